The molecule has 3 nitrogen and oxygen atoms in total. The molecule has 21 heavy (non-hydrogen) atoms. The smallest absolute Gasteiger partial charge is 0.226 e. The molecule has 0 aromatic heterocycles. The Kier molecular flexibility index (Phi) is 5.22. The van der Waals surface area contributed by atoms with Crippen LogP contribution in [0.15, 0.2) is 18.2 Å². The molecule has 1 heterocycles. The average Bonchev–Trinajstić information content (AvgIpc) is 2.49. The number of benzene rings is 1. The maximum Gasteiger partial charge on any atom is 0.226 e. The van der Waals surface area contributed by atoms with Crippen LogP contribution < -0.4 is 10.6 Å². The normalized spacial score (nSPS) is 19.3. The Bertz CT molecular complexity index is 513. The number of rotatable bonds is 4. The van der Waals surface area contributed by atoms with E-state index in [0.717, 1.165) is 31.5 Å². The summed E-state index contributed by atoms with van der Waals surface area (Å²) in [6.45, 7) is 6.24. The molecule has 2 N–H and O–H groups in total. The minimum atomic E-state index is -0.444. The van der Waals surface area contributed by atoms with E-state index in [1.807, 2.05) is 13.8 Å². The molecule has 1 unspecified atom stereocenters. The number of piperidine rings is 1. The summed E-state index contributed by atoms with van der Waals surface area (Å²) in [7, 11) is 0. The second kappa shape index (κ2) is 6.75. The highest BCUT2D eigenvalue weighted by Crippen LogP contribution is 2.32. The highest BCUT2D eigenvalue weighted by atomic mass is 35.5. The summed E-state index contributed by atoms with van der Waals surface area (Å²) >= 11 is 5.74. The predicted molar refractivity (Wildman–Crippen MR) is 82.6 cm³/mol. The van der Waals surface area contributed by atoms with Gasteiger partial charge >= 0.3 is 0 Å². The first-order chi connectivity index (χ1) is 9.91. The second-order valence-corrected chi connectivity index (χ2v) is 6.60. The molecule has 2 rings (SSSR count). The van der Waals surface area contributed by atoms with Gasteiger partial charge in [0, 0.05) is 12.0 Å². The average molecular weight is 313 g/mol. The lowest BCUT2D eigenvalue weighted by molar-refractivity contribution is -0.132. The zero-order valence-corrected chi connectivity index (χ0v) is 13.3. The zero-order chi connectivity index (χ0) is 15.5. The van der Waals surface area contributed by atoms with Gasteiger partial charge in [0.1, 0.15) is 5.82 Å². The van der Waals surface area contributed by atoms with Crippen molar-refractivity contribution in [1.82, 2.24) is 10.6 Å². The Hall–Kier alpha value is -1.13. The molecular formula is C16H22ClFN2O. The summed E-state index contributed by atoms with van der Waals surface area (Å²) in [5.41, 5.74) is 0.379. The number of carbonyl (C=O) groups excluding carboxylic acids is 1. The van der Waals surface area contributed by atoms with E-state index in [-0.39, 0.29) is 10.9 Å². The maximum atomic E-state index is 13.1. The molecule has 1 amide bonds. The summed E-state index contributed by atoms with van der Waals surface area (Å²) < 4.78 is 13.1. The Morgan fingerprint density at radius 2 is 2.29 bits per heavy atom. The first-order valence-corrected chi connectivity index (χ1v) is 7.72. The van der Waals surface area contributed by atoms with Crippen molar-refractivity contribution in [1.29, 1.82) is 0 Å². The van der Waals surface area contributed by atoms with Crippen LogP contribution in [0, 0.1) is 17.2 Å². The number of amides is 1. The van der Waals surface area contributed by atoms with Crippen molar-refractivity contribution in [3.63, 3.8) is 0 Å². The van der Waals surface area contributed by atoms with Crippen molar-refractivity contribution in [2.24, 2.45) is 11.3 Å². The maximum absolute atomic E-state index is 13.1. The lowest BCUT2D eigenvalue weighted by atomic mass is 9.74. The monoisotopic (exact) mass is 312 g/mol. The topological polar surface area (TPSA) is 41.1 Å². The van der Waals surface area contributed by atoms with E-state index in [4.69, 9.17) is 11.6 Å². The van der Waals surface area contributed by atoms with Gasteiger partial charge in [0.2, 0.25) is 5.91 Å². The van der Waals surface area contributed by atoms with Crippen molar-refractivity contribution in [3.8, 4) is 0 Å². The minimum absolute atomic E-state index is 0.0247. The molecule has 0 saturated carbocycles. The largest absolute Gasteiger partial charge is 0.352 e. The van der Waals surface area contributed by atoms with Gasteiger partial charge in [-0.05, 0) is 49.5 Å². The van der Waals surface area contributed by atoms with Gasteiger partial charge in [-0.25, -0.2) is 4.39 Å². The molecule has 1 aliphatic heterocycles. The van der Waals surface area contributed by atoms with Crippen LogP contribution in [0.5, 0.6) is 0 Å². The third-order valence-electron chi connectivity index (χ3n) is 4.34. The van der Waals surface area contributed by atoms with E-state index in [1.54, 1.807) is 12.1 Å². The van der Waals surface area contributed by atoms with Crippen LogP contribution in [0.4, 0.5) is 4.39 Å². The molecule has 1 fully saturated rings. The van der Waals surface area contributed by atoms with Gasteiger partial charge in [-0.1, -0.05) is 31.5 Å². The summed E-state index contributed by atoms with van der Waals surface area (Å²) in [6.07, 6.45) is 2.17. The quantitative estimate of drug-likeness (QED) is 0.897. The van der Waals surface area contributed by atoms with Crippen molar-refractivity contribution in [2.45, 2.75) is 33.2 Å². The molecule has 1 aromatic carbocycles. The summed E-state index contributed by atoms with van der Waals surface area (Å²) in [5, 5.41) is 6.36. The van der Waals surface area contributed by atoms with E-state index in [9.17, 15) is 9.18 Å². The Morgan fingerprint density at radius 3 is 2.90 bits per heavy atom. The van der Waals surface area contributed by atoms with E-state index < -0.39 is 11.2 Å². The molecule has 1 aliphatic rings. The van der Waals surface area contributed by atoms with Gasteiger partial charge in [0.15, 0.2) is 0 Å². The van der Waals surface area contributed by atoms with Gasteiger partial charge in [0.05, 0.1) is 5.02 Å². The summed E-state index contributed by atoms with van der Waals surface area (Å²) in [6, 6.07) is 4.50. The standard InChI is InChI=1S/C16H22ClFN2O/c1-16(2,12-4-3-7-19-10-12)15(21)20-9-11-5-6-14(18)13(17)8-11/h5-6,8,12,19H,3-4,7,9-10H2,1-2H3,(H,20,21). The molecule has 0 spiro atoms. The molecule has 5 heteroatoms. The SMILES string of the molecule is CC(C)(C(=O)NCc1ccc(F)c(Cl)c1)C1CCCNC1. The van der Waals surface area contributed by atoms with Gasteiger partial charge in [-0.2, -0.15) is 0 Å². The highest BCUT2D eigenvalue weighted by molar-refractivity contribution is 6.30. The third kappa shape index (κ3) is 3.95. The van der Waals surface area contributed by atoms with Gasteiger partial charge < -0.3 is 10.6 Å². The Morgan fingerprint density at radius 1 is 1.52 bits per heavy atom. The first-order valence-electron chi connectivity index (χ1n) is 7.34. The summed E-state index contributed by atoms with van der Waals surface area (Å²) in [4.78, 5) is 12.4. The van der Waals surface area contributed by atoms with Crippen LogP contribution in [0.25, 0.3) is 0 Å². The van der Waals surface area contributed by atoms with Crippen LogP contribution in [-0.2, 0) is 11.3 Å². The minimum Gasteiger partial charge on any atom is -0.352 e. The number of halogens is 2. The fourth-order valence-corrected chi connectivity index (χ4v) is 2.92. The van der Waals surface area contributed by atoms with Crippen LogP contribution in [0.1, 0.15) is 32.3 Å². The van der Waals surface area contributed by atoms with Crippen LogP contribution in [0.3, 0.4) is 0 Å². The first kappa shape index (κ1) is 16.2. The molecule has 1 atom stereocenters. The van der Waals surface area contributed by atoms with Crippen LogP contribution in [-0.4, -0.2) is 19.0 Å². The number of carbonyl (C=O) groups is 1. The van der Waals surface area contributed by atoms with Crippen molar-refractivity contribution in [3.05, 3.63) is 34.6 Å². The zero-order valence-electron chi connectivity index (χ0n) is 12.5. The Balaban J connectivity index is 1.95. The lowest BCUT2D eigenvalue weighted by Gasteiger charge is -2.36. The van der Waals surface area contributed by atoms with Crippen molar-refractivity contribution >= 4 is 17.5 Å². The third-order valence-corrected chi connectivity index (χ3v) is 4.63. The van der Waals surface area contributed by atoms with Crippen molar-refractivity contribution < 1.29 is 9.18 Å². The van der Waals surface area contributed by atoms with Crippen LogP contribution >= 0.6 is 11.6 Å². The lowest BCUT2D eigenvalue weighted by Crippen LogP contribution is -2.47. The van der Waals surface area contributed by atoms with Gasteiger partial charge in [-0.15, -0.1) is 0 Å². The molecule has 1 aromatic rings. The number of nitrogens with one attached hydrogen (secondary N) is 2. The molecule has 1 saturated heterocycles. The Labute approximate surface area is 130 Å². The van der Waals surface area contributed by atoms with Crippen LogP contribution in [0.2, 0.25) is 5.02 Å². The molecule has 116 valence electrons. The number of hydrogen-bond donors (Lipinski definition) is 2. The van der Waals surface area contributed by atoms with E-state index in [1.165, 1.54) is 6.07 Å². The van der Waals surface area contributed by atoms with E-state index in [2.05, 4.69) is 10.6 Å². The predicted octanol–water partition coefficient (Wildman–Crippen LogP) is 3.12. The number of hydrogen-bond acceptors (Lipinski definition) is 2. The fraction of sp³-hybridized carbons (Fsp3) is 0.562. The fourth-order valence-electron chi connectivity index (χ4n) is 2.71. The molecule has 0 bridgehead atoms. The highest BCUT2D eigenvalue weighted by Gasteiger charge is 2.36. The second-order valence-electron chi connectivity index (χ2n) is 6.20. The van der Waals surface area contributed by atoms with Crippen molar-refractivity contribution in [2.75, 3.05) is 13.1 Å². The van der Waals surface area contributed by atoms with E-state index >= 15 is 0 Å². The summed E-state index contributed by atoms with van der Waals surface area (Å²) in [5.74, 6) is -0.0833. The van der Waals surface area contributed by atoms with Gasteiger partial charge in [-0.3, -0.25) is 4.79 Å². The molecule has 0 radical (unpaired) electrons. The molecular weight excluding hydrogens is 291 g/mol. The van der Waals surface area contributed by atoms with Gasteiger partial charge in [0.25, 0.3) is 0 Å². The van der Waals surface area contributed by atoms with E-state index in [0.29, 0.717) is 12.5 Å². The molecule has 0 aliphatic carbocycles.